The molecule has 2 rings (SSSR count). The summed E-state index contributed by atoms with van der Waals surface area (Å²) in [5.41, 5.74) is 1.14. The molecule has 76 valence electrons. The Hall–Kier alpha value is -1.22. The molecule has 1 aliphatic rings. The van der Waals surface area contributed by atoms with E-state index in [0.29, 0.717) is 17.6 Å². The molecule has 2 N–H and O–H groups in total. The predicted molar refractivity (Wildman–Crippen MR) is 52.6 cm³/mol. The Balaban J connectivity index is 2.20. The van der Waals surface area contributed by atoms with Crippen molar-refractivity contribution in [3.8, 4) is 11.5 Å². The maximum Gasteiger partial charge on any atom is 0.160 e. The second kappa shape index (κ2) is 3.50. The minimum atomic E-state index is 0.164. The zero-order chi connectivity index (χ0) is 10.1. The zero-order valence-corrected chi connectivity index (χ0v) is 8.10. The summed E-state index contributed by atoms with van der Waals surface area (Å²) in [5.74, 6) is 1.50. The maximum atomic E-state index is 9.39. The van der Waals surface area contributed by atoms with Gasteiger partial charge >= 0.3 is 0 Å². The average Bonchev–Trinajstić information content (AvgIpc) is 2.98. The van der Waals surface area contributed by atoms with Gasteiger partial charge in [-0.05, 0) is 36.0 Å². The zero-order valence-electron chi connectivity index (χ0n) is 8.10. The molecule has 14 heavy (non-hydrogen) atoms. The van der Waals surface area contributed by atoms with Crippen LogP contribution in [0.15, 0.2) is 18.2 Å². The molecule has 0 saturated heterocycles. The first-order valence-corrected chi connectivity index (χ1v) is 4.74. The summed E-state index contributed by atoms with van der Waals surface area (Å²) in [6.07, 6.45) is 1.03. The van der Waals surface area contributed by atoms with Crippen LogP contribution in [0.3, 0.4) is 0 Å². The molecule has 1 aromatic carbocycles. The second-order valence-corrected chi connectivity index (χ2v) is 3.72. The monoisotopic (exact) mass is 194 g/mol. The fraction of sp³-hybridized carbons (Fsp3) is 0.455. The van der Waals surface area contributed by atoms with Gasteiger partial charge in [0.2, 0.25) is 0 Å². The molecule has 0 radical (unpaired) electrons. The van der Waals surface area contributed by atoms with E-state index in [1.165, 1.54) is 7.11 Å². The van der Waals surface area contributed by atoms with Crippen LogP contribution in [0.2, 0.25) is 0 Å². The Morgan fingerprint density at radius 2 is 2.29 bits per heavy atom. The van der Waals surface area contributed by atoms with Crippen LogP contribution in [0.5, 0.6) is 11.5 Å². The lowest BCUT2D eigenvalue weighted by Crippen LogP contribution is -1.90. The highest BCUT2D eigenvalue weighted by Crippen LogP contribution is 2.48. The highest BCUT2D eigenvalue weighted by atomic mass is 16.5. The van der Waals surface area contributed by atoms with Gasteiger partial charge in [-0.3, -0.25) is 0 Å². The molecule has 2 atom stereocenters. The summed E-state index contributed by atoms with van der Waals surface area (Å²) in [4.78, 5) is 0. The molecule has 0 heterocycles. The van der Waals surface area contributed by atoms with Gasteiger partial charge in [0.05, 0.1) is 7.11 Å². The number of hydrogen-bond acceptors (Lipinski definition) is 3. The smallest absolute Gasteiger partial charge is 0.160 e. The number of ether oxygens (including phenoxy) is 1. The van der Waals surface area contributed by atoms with Crippen molar-refractivity contribution < 1.29 is 14.9 Å². The third-order valence-corrected chi connectivity index (χ3v) is 2.79. The molecule has 1 aliphatic carbocycles. The molecule has 0 aliphatic heterocycles. The van der Waals surface area contributed by atoms with E-state index in [9.17, 15) is 5.11 Å². The van der Waals surface area contributed by atoms with Crippen molar-refractivity contribution in [3.63, 3.8) is 0 Å². The van der Waals surface area contributed by atoms with Gasteiger partial charge < -0.3 is 14.9 Å². The largest absolute Gasteiger partial charge is 0.504 e. The quantitative estimate of drug-likeness (QED) is 0.766. The van der Waals surface area contributed by atoms with E-state index >= 15 is 0 Å². The van der Waals surface area contributed by atoms with Crippen molar-refractivity contribution in [3.05, 3.63) is 23.8 Å². The molecule has 0 bridgehead atoms. The second-order valence-electron chi connectivity index (χ2n) is 3.72. The van der Waals surface area contributed by atoms with Gasteiger partial charge in [0.1, 0.15) is 0 Å². The number of benzene rings is 1. The van der Waals surface area contributed by atoms with Crippen LogP contribution in [-0.2, 0) is 0 Å². The van der Waals surface area contributed by atoms with E-state index in [0.717, 1.165) is 12.0 Å². The molecule has 0 amide bonds. The van der Waals surface area contributed by atoms with E-state index in [-0.39, 0.29) is 12.4 Å². The number of aromatic hydroxyl groups is 1. The number of methoxy groups -OCH3 is 1. The average molecular weight is 194 g/mol. The third-order valence-electron chi connectivity index (χ3n) is 2.79. The van der Waals surface area contributed by atoms with Crippen LogP contribution >= 0.6 is 0 Å². The Morgan fingerprint density at radius 3 is 2.86 bits per heavy atom. The van der Waals surface area contributed by atoms with Gasteiger partial charge in [-0.1, -0.05) is 6.07 Å². The number of aliphatic hydroxyl groups is 1. The summed E-state index contributed by atoms with van der Waals surface area (Å²) in [6.45, 7) is 0.244. The van der Waals surface area contributed by atoms with Crippen molar-refractivity contribution in [2.75, 3.05) is 13.7 Å². The minimum absolute atomic E-state index is 0.164. The van der Waals surface area contributed by atoms with Gasteiger partial charge in [0.15, 0.2) is 11.5 Å². The van der Waals surface area contributed by atoms with Gasteiger partial charge in [-0.25, -0.2) is 0 Å². The Kier molecular flexibility index (Phi) is 2.33. The standard InChI is InChI=1S/C11H14O3/c1-14-11-5-7(2-3-10(11)13)9-4-8(9)6-12/h2-3,5,8-9,12-13H,4,6H2,1H3. The lowest BCUT2D eigenvalue weighted by molar-refractivity contribution is 0.274. The summed E-state index contributed by atoms with van der Waals surface area (Å²) in [5, 5.41) is 18.3. The van der Waals surface area contributed by atoms with E-state index < -0.39 is 0 Å². The van der Waals surface area contributed by atoms with Crippen LogP contribution in [0.1, 0.15) is 17.9 Å². The van der Waals surface area contributed by atoms with Crippen LogP contribution in [0.25, 0.3) is 0 Å². The lowest BCUT2D eigenvalue weighted by atomic mass is 10.1. The molecule has 0 aromatic heterocycles. The summed E-state index contributed by atoms with van der Waals surface area (Å²) in [7, 11) is 1.54. The first-order chi connectivity index (χ1) is 6.76. The molecule has 1 saturated carbocycles. The van der Waals surface area contributed by atoms with Crippen molar-refractivity contribution in [1.82, 2.24) is 0 Å². The summed E-state index contributed by atoms with van der Waals surface area (Å²) in [6, 6.07) is 5.37. The number of hydrogen-bond donors (Lipinski definition) is 2. The highest BCUT2D eigenvalue weighted by molar-refractivity contribution is 5.44. The van der Waals surface area contributed by atoms with Crippen molar-refractivity contribution in [2.45, 2.75) is 12.3 Å². The number of aliphatic hydroxyl groups excluding tert-OH is 1. The molecule has 3 nitrogen and oxygen atoms in total. The molecule has 2 unspecified atom stereocenters. The number of phenols is 1. The number of phenolic OH excluding ortho intramolecular Hbond substituents is 1. The molecule has 1 aromatic rings. The predicted octanol–water partition coefficient (Wildman–Crippen LogP) is 1.50. The van der Waals surface area contributed by atoms with Gasteiger partial charge in [-0.15, -0.1) is 0 Å². The highest BCUT2D eigenvalue weighted by Gasteiger charge is 2.37. The summed E-state index contributed by atoms with van der Waals surface area (Å²) >= 11 is 0. The van der Waals surface area contributed by atoms with Crippen molar-refractivity contribution >= 4 is 0 Å². The van der Waals surface area contributed by atoms with Crippen LogP contribution in [-0.4, -0.2) is 23.9 Å². The van der Waals surface area contributed by atoms with E-state index in [1.54, 1.807) is 6.07 Å². The fourth-order valence-corrected chi connectivity index (χ4v) is 1.78. The SMILES string of the molecule is COc1cc(C2CC2CO)ccc1O. The van der Waals surface area contributed by atoms with E-state index in [4.69, 9.17) is 9.84 Å². The molecular weight excluding hydrogens is 180 g/mol. The number of rotatable bonds is 3. The minimum Gasteiger partial charge on any atom is -0.504 e. The molecular formula is C11H14O3. The first-order valence-electron chi connectivity index (χ1n) is 4.74. The van der Waals surface area contributed by atoms with E-state index in [1.807, 2.05) is 12.1 Å². The van der Waals surface area contributed by atoms with Crippen molar-refractivity contribution in [1.29, 1.82) is 0 Å². The van der Waals surface area contributed by atoms with Crippen molar-refractivity contribution in [2.24, 2.45) is 5.92 Å². The lowest BCUT2D eigenvalue weighted by Gasteiger charge is -2.05. The van der Waals surface area contributed by atoms with Crippen LogP contribution in [0, 0.1) is 5.92 Å². The van der Waals surface area contributed by atoms with E-state index in [2.05, 4.69) is 0 Å². The normalized spacial score (nSPS) is 24.7. The molecule has 0 spiro atoms. The summed E-state index contributed by atoms with van der Waals surface area (Å²) < 4.78 is 5.02. The van der Waals surface area contributed by atoms with Gasteiger partial charge in [-0.2, -0.15) is 0 Å². The third kappa shape index (κ3) is 1.55. The topological polar surface area (TPSA) is 49.7 Å². The Morgan fingerprint density at radius 1 is 1.50 bits per heavy atom. The fourth-order valence-electron chi connectivity index (χ4n) is 1.78. The van der Waals surface area contributed by atoms with Crippen LogP contribution < -0.4 is 4.74 Å². The van der Waals surface area contributed by atoms with Gasteiger partial charge in [0, 0.05) is 6.61 Å². The maximum absolute atomic E-state index is 9.39. The Labute approximate surface area is 83.0 Å². The first kappa shape index (κ1) is 9.34. The van der Waals surface area contributed by atoms with Gasteiger partial charge in [0.25, 0.3) is 0 Å². The van der Waals surface area contributed by atoms with Crippen LogP contribution in [0.4, 0.5) is 0 Å². The Bertz CT molecular complexity index is 335. The molecule has 1 fully saturated rings. The molecule has 3 heteroatoms.